The van der Waals surface area contributed by atoms with Crippen molar-refractivity contribution in [1.29, 1.82) is 0 Å². The van der Waals surface area contributed by atoms with Crippen molar-refractivity contribution in [2.75, 3.05) is 13.7 Å². The van der Waals surface area contributed by atoms with Gasteiger partial charge in [-0.05, 0) is 6.58 Å². The van der Waals surface area contributed by atoms with Crippen LogP contribution in [0.25, 0.3) is 0 Å². The van der Waals surface area contributed by atoms with Gasteiger partial charge in [0.1, 0.15) is 0 Å². The molecule has 0 spiro atoms. The zero-order chi connectivity index (χ0) is 11.1. The van der Waals surface area contributed by atoms with Crippen LogP contribution in [0.5, 0.6) is 0 Å². The maximum absolute atomic E-state index is 10.2. The molecule has 14 heavy (non-hydrogen) atoms. The van der Waals surface area contributed by atoms with Gasteiger partial charge >= 0.3 is 5.97 Å². The molecule has 6 heteroatoms. The first-order valence-electron chi connectivity index (χ1n) is 3.72. The molecule has 0 aromatic carbocycles. The fourth-order valence-electron chi connectivity index (χ4n) is 0.589. The molecule has 0 unspecified atom stereocenters. The van der Waals surface area contributed by atoms with Gasteiger partial charge in [-0.15, -0.1) is 0 Å². The van der Waals surface area contributed by atoms with Crippen molar-refractivity contribution in [3.05, 3.63) is 12.3 Å². The lowest BCUT2D eigenvalue weighted by Crippen LogP contribution is -2.13. The summed E-state index contributed by atoms with van der Waals surface area (Å²) in [6.07, 6.45) is 0.0833. The Morgan fingerprint density at radius 2 is 2.14 bits per heavy atom. The number of methoxy groups -OCH3 is 1. The number of carboxylic acid groups (broad SMARTS) is 1. The molecular formula is C8H11NO5. The number of ether oxygens (including phenoxy) is 1. The average molecular weight is 201 g/mol. The van der Waals surface area contributed by atoms with Crippen molar-refractivity contribution in [3.63, 3.8) is 0 Å². The Hall–Kier alpha value is -1.85. The maximum atomic E-state index is 10.2. The number of carbonyl (C=O) groups excluding carboxylic acids is 2. The first-order valence-corrected chi connectivity index (χ1v) is 3.72. The van der Waals surface area contributed by atoms with E-state index in [1.54, 1.807) is 0 Å². The molecule has 1 amide bonds. The Balaban J connectivity index is 0.000000241. The third-order valence-electron chi connectivity index (χ3n) is 1.33. The zero-order valence-corrected chi connectivity index (χ0v) is 7.70. The van der Waals surface area contributed by atoms with Crippen molar-refractivity contribution < 1.29 is 24.2 Å². The van der Waals surface area contributed by atoms with Gasteiger partial charge in [-0.1, -0.05) is 0 Å². The molecule has 6 nitrogen and oxygen atoms in total. The minimum absolute atomic E-state index is 0.00926. The molecule has 1 heterocycles. The van der Waals surface area contributed by atoms with Crippen LogP contribution in [0.3, 0.4) is 0 Å². The van der Waals surface area contributed by atoms with E-state index in [1.807, 2.05) is 0 Å². The molecule has 78 valence electrons. The predicted molar refractivity (Wildman–Crippen MR) is 46.4 cm³/mol. The van der Waals surface area contributed by atoms with E-state index in [2.05, 4.69) is 16.6 Å². The average Bonchev–Trinajstić information content (AvgIpc) is 2.49. The molecule has 1 saturated heterocycles. The number of nitrogens with one attached hydrogen (secondary N) is 1. The number of Topliss-reactive ketones (excluding diaryl/α,β-unsaturated/α-hetero) is 1. The summed E-state index contributed by atoms with van der Waals surface area (Å²) in [7, 11) is 1.26. The van der Waals surface area contributed by atoms with Crippen LogP contribution in [0.4, 0.5) is 0 Å². The molecule has 0 aliphatic carbocycles. The standard InChI is InChI=1S/C4H5NO2.C4H6O3/c6-3-1-4(7)5-2-3;1-3(7-2)4(5)6/h1-2H2,(H,5,7);1H2,2H3,(H,5,6). The van der Waals surface area contributed by atoms with Crippen LogP contribution in [0.15, 0.2) is 12.3 Å². The molecule has 0 aromatic heterocycles. The largest absolute Gasteiger partial charge is 0.490 e. The van der Waals surface area contributed by atoms with Crippen LogP contribution < -0.4 is 5.32 Å². The summed E-state index contributed by atoms with van der Waals surface area (Å²) in [6.45, 7) is 3.29. The SMILES string of the molecule is C=C(OC)C(=O)O.O=C1CNC(=O)C1. The second-order valence-corrected chi connectivity index (χ2v) is 2.42. The first kappa shape index (κ1) is 12.2. The molecule has 1 aliphatic rings. The van der Waals surface area contributed by atoms with Crippen molar-refractivity contribution in [3.8, 4) is 0 Å². The highest BCUT2D eigenvalue weighted by atomic mass is 16.5. The van der Waals surface area contributed by atoms with Crippen molar-refractivity contribution in [1.82, 2.24) is 5.32 Å². The van der Waals surface area contributed by atoms with Crippen molar-refractivity contribution in [2.45, 2.75) is 6.42 Å². The van der Waals surface area contributed by atoms with E-state index in [-0.39, 0.29) is 30.4 Å². The maximum Gasteiger partial charge on any atom is 0.370 e. The van der Waals surface area contributed by atoms with Gasteiger partial charge in [0.15, 0.2) is 11.5 Å². The van der Waals surface area contributed by atoms with Gasteiger partial charge in [0.25, 0.3) is 0 Å². The van der Waals surface area contributed by atoms with Crippen molar-refractivity contribution >= 4 is 17.7 Å². The highest BCUT2D eigenvalue weighted by molar-refractivity contribution is 6.05. The number of carbonyl (C=O) groups is 3. The van der Waals surface area contributed by atoms with Crippen LogP contribution in [-0.4, -0.2) is 36.4 Å². The van der Waals surface area contributed by atoms with Crippen LogP contribution in [0.2, 0.25) is 0 Å². The number of ketones is 1. The zero-order valence-electron chi connectivity index (χ0n) is 7.70. The fraction of sp³-hybridized carbons (Fsp3) is 0.375. The van der Waals surface area contributed by atoms with Gasteiger partial charge < -0.3 is 15.2 Å². The van der Waals surface area contributed by atoms with Gasteiger partial charge in [0.05, 0.1) is 20.1 Å². The normalized spacial score (nSPS) is 13.8. The molecule has 0 atom stereocenters. The topological polar surface area (TPSA) is 92.7 Å². The lowest BCUT2D eigenvalue weighted by Gasteiger charge is -1.92. The fourth-order valence-corrected chi connectivity index (χ4v) is 0.589. The summed E-state index contributed by atoms with van der Waals surface area (Å²) in [4.78, 5) is 30.0. The summed E-state index contributed by atoms with van der Waals surface area (Å²) < 4.78 is 4.22. The predicted octanol–water partition coefficient (Wildman–Crippen LogP) is -0.694. The molecule has 1 fully saturated rings. The summed E-state index contributed by atoms with van der Waals surface area (Å²) >= 11 is 0. The summed E-state index contributed by atoms with van der Waals surface area (Å²) in [5.41, 5.74) is 0. The van der Waals surface area contributed by atoms with Crippen LogP contribution in [0.1, 0.15) is 6.42 Å². The summed E-state index contributed by atoms with van der Waals surface area (Å²) in [5.74, 6) is -1.52. The summed E-state index contributed by atoms with van der Waals surface area (Å²) in [6, 6.07) is 0. The van der Waals surface area contributed by atoms with Gasteiger partial charge in [0, 0.05) is 0 Å². The smallest absolute Gasteiger partial charge is 0.370 e. The Bertz CT molecular complexity index is 257. The monoisotopic (exact) mass is 201 g/mol. The van der Waals surface area contributed by atoms with E-state index in [1.165, 1.54) is 7.11 Å². The van der Waals surface area contributed by atoms with Gasteiger partial charge in [-0.2, -0.15) is 0 Å². The molecule has 2 N–H and O–H groups in total. The third-order valence-corrected chi connectivity index (χ3v) is 1.33. The van der Waals surface area contributed by atoms with Gasteiger partial charge in [-0.3, -0.25) is 9.59 Å². The van der Waals surface area contributed by atoms with Crippen molar-refractivity contribution in [2.24, 2.45) is 0 Å². The highest BCUT2D eigenvalue weighted by Crippen LogP contribution is 1.88. The second kappa shape index (κ2) is 5.74. The van der Waals surface area contributed by atoms with E-state index >= 15 is 0 Å². The molecule has 0 radical (unpaired) electrons. The number of amides is 1. The number of hydrogen-bond donors (Lipinski definition) is 2. The van der Waals surface area contributed by atoms with Crippen LogP contribution in [0, 0.1) is 0 Å². The van der Waals surface area contributed by atoms with E-state index < -0.39 is 5.97 Å². The number of carboxylic acids is 1. The van der Waals surface area contributed by atoms with E-state index in [0.29, 0.717) is 0 Å². The summed E-state index contributed by atoms with van der Waals surface area (Å²) in [5, 5.41) is 10.3. The molecule has 1 aliphatic heterocycles. The van der Waals surface area contributed by atoms with Gasteiger partial charge in [-0.25, -0.2) is 4.79 Å². The minimum atomic E-state index is -1.12. The highest BCUT2D eigenvalue weighted by Gasteiger charge is 2.16. The molecular weight excluding hydrogens is 190 g/mol. The Labute approximate surface area is 80.5 Å². The van der Waals surface area contributed by atoms with Gasteiger partial charge in [0.2, 0.25) is 5.91 Å². The van der Waals surface area contributed by atoms with E-state index in [4.69, 9.17) is 5.11 Å². The lowest BCUT2D eigenvalue weighted by atomic mass is 10.3. The molecule has 1 rings (SSSR count). The number of aliphatic carboxylic acids is 1. The minimum Gasteiger partial charge on any atom is -0.490 e. The third kappa shape index (κ3) is 4.91. The Morgan fingerprint density at radius 1 is 1.57 bits per heavy atom. The molecule has 0 bridgehead atoms. The van der Waals surface area contributed by atoms with E-state index in [9.17, 15) is 14.4 Å². The Kier molecular flexibility index (Phi) is 4.98. The second-order valence-electron chi connectivity index (χ2n) is 2.42. The molecule has 0 saturated carbocycles. The molecule has 0 aromatic rings. The van der Waals surface area contributed by atoms with Crippen LogP contribution in [-0.2, 0) is 19.1 Å². The Morgan fingerprint density at radius 3 is 2.21 bits per heavy atom. The first-order chi connectivity index (χ1) is 6.47. The van der Waals surface area contributed by atoms with Crippen LogP contribution >= 0.6 is 0 Å². The number of rotatable bonds is 2. The number of hydrogen-bond acceptors (Lipinski definition) is 4. The quantitative estimate of drug-likeness (QED) is 0.350. The lowest BCUT2D eigenvalue weighted by molar-refractivity contribution is -0.136. The van der Waals surface area contributed by atoms with E-state index in [0.717, 1.165) is 0 Å².